The Balaban J connectivity index is 3.01. The van der Waals surface area contributed by atoms with Crippen LogP contribution in [0.5, 0.6) is 0 Å². The van der Waals surface area contributed by atoms with Gasteiger partial charge < -0.3 is 20.6 Å². The van der Waals surface area contributed by atoms with Gasteiger partial charge in [0.05, 0.1) is 6.61 Å². The van der Waals surface area contributed by atoms with Crippen molar-refractivity contribution in [3.8, 4) is 0 Å². The van der Waals surface area contributed by atoms with Crippen LogP contribution in [0.2, 0.25) is 0 Å². The van der Waals surface area contributed by atoms with Crippen molar-refractivity contribution in [2.24, 2.45) is 10.9 Å². The topological polar surface area (TPSA) is 96.9 Å². The lowest BCUT2D eigenvalue weighted by Crippen LogP contribution is -2.31. The van der Waals surface area contributed by atoms with Crippen molar-refractivity contribution in [3.05, 3.63) is 18.1 Å². The van der Waals surface area contributed by atoms with Crippen LogP contribution in [-0.2, 0) is 4.74 Å². The average Bonchev–Trinajstić information content (AvgIpc) is 2.39. The van der Waals surface area contributed by atoms with Crippen molar-refractivity contribution in [3.63, 3.8) is 0 Å². The summed E-state index contributed by atoms with van der Waals surface area (Å²) >= 11 is 0. The number of nitrogens with two attached hydrogens (primary N) is 1. The van der Waals surface area contributed by atoms with Gasteiger partial charge in [0, 0.05) is 32.6 Å². The smallest absolute Gasteiger partial charge is 0.192 e. The third kappa shape index (κ3) is 3.28. The Morgan fingerprint density at radius 3 is 2.82 bits per heavy atom. The summed E-state index contributed by atoms with van der Waals surface area (Å²) in [5.74, 6) is 0.534. The van der Waals surface area contributed by atoms with E-state index in [1.54, 1.807) is 13.3 Å². The van der Waals surface area contributed by atoms with Crippen LogP contribution in [0.25, 0.3) is 0 Å². The lowest BCUT2D eigenvalue weighted by molar-refractivity contribution is 0.205. The Labute approximate surface area is 99.9 Å². The summed E-state index contributed by atoms with van der Waals surface area (Å²) in [5.41, 5.74) is 5.92. The van der Waals surface area contributed by atoms with Crippen molar-refractivity contribution in [1.29, 1.82) is 0 Å². The molecule has 0 spiro atoms. The first-order chi connectivity index (χ1) is 8.24. The van der Waals surface area contributed by atoms with Crippen molar-refractivity contribution < 1.29 is 9.94 Å². The molecule has 0 aliphatic rings. The van der Waals surface area contributed by atoms with Crippen LogP contribution in [0.1, 0.15) is 12.6 Å². The Morgan fingerprint density at radius 2 is 2.24 bits per heavy atom. The average molecular weight is 239 g/mol. The van der Waals surface area contributed by atoms with Gasteiger partial charge in [-0.05, 0) is 6.92 Å². The van der Waals surface area contributed by atoms with Gasteiger partial charge in [-0.15, -0.1) is 0 Å². The summed E-state index contributed by atoms with van der Waals surface area (Å²) in [6, 6.07) is 0. The monoisotopic (exact) mass is 239 g/mol. The third-order valence-corrected chi connectivity index (χ3v) is 2.28. The number of methoxy groups -OCH3 is 1. The van der Waals surface area contributed by atoms with E-state index in [0.717, 1.165) is 6.54 Å². The van der Waals surface area contributed by atoms with E-state index in [-0.39, 0.29) is 5.84 Å². The van der Waals surface area contributed by atoms with Crippen molar-refractivity contribution in [2.45, 2.75) is 6.92 Å². The zero-order chi connectivity index (χ0) is 12.7. The van der Waals surface area contributed by atoms with Gasteiger partial charge in [0.1, 0.15) is 0 Å². The molecule has 1 aromatic heterocycles. The van der Waals surface area contributed by atoms with E-state index in [1.165, 1.54) is 6.20 Å². The highest BCUT2D eigenvalue weighted by molar-refractivity contribution is 5.99. The van der Waals surface area contributed by atoms with E-state index in [1.807, 2.05) is 11.8 Å². The molecule has 0 saturated carbocycles. The maximum Gasteiger partial charge on any atom is 0.192 e. The minimum absolute atomic E-state index is 0.0519. The van der Waals surface area contributed by atoms with Crippen LogP contribution in [0, 0.1) is 0 Å². The highest BCUT2D eigenvalue weighted by Crippen LogP contribution is 2.14. The molecule has 17 heavy (non-hydrogen) atoms. The molecule has 0 fully saturated rings. The Hall–Kier alpha value is -1.89. The molecule has 0 saturated heterocycles. The van der Waals surface area contributed by atoms with Crippen LogP contribution in [0.15, 0.2) is 17.5 Å². The first-order valence-corrected chi connectivity index (χ1v) is 5.27. The molecule has 0 aliphatic heterocycles. The summed E-state index contributed by atoms with van der Waals surface area (Å²) in [7, 11) is 1.63. The zero-order valence-corrected chi connectivity index (χ0v) is 10.00. The Bertz CT molecular complexity index is 383. The molecule has 7 nitrogen and oxygen atoms in total. The number of rotatable bonds is 6. The highest BCUT2D eigenvalue weighted by Gasteiger charge is 2.15. The number of anilines is 1. The molecule has 1 rings (SSSR count). The molecule has 0 aliphatic carbocycles. The van der Waals surface area contributed by atoms with Crippen molar-refractivity contribution in [2.75, 3.05) is 31.7 Å². The van der Waals surface area contributed by atoms with Gasteiger partial charge in [-0.3, -0.25) is 0 Å². The van der Waals surface area contributed by atoms with E-state index in [9.17, 15) is 0 Å². The molecular weight excluding hydrogens is 222 g/mol. The maximum absolute atomic E-state index is 8.70. The third-order valence-electron chi connectivity index (χ3n) is 2.28. The summed E-state index contributed by atoms with van der Waals surface area (Å²) in [4.78, 5) is 10.2. The normalized spacial score (nSPS) is 11.5. The minimum atomic E-state index is -0.0519. The number of hydrogen-bond acceptors (Lipinski definition) is 6. The van der Waals surface area contributed by atoms with E-state index in [2.05, 4.69) is 15.1 Å². The fourth-order valence-corrected chi connectivity index (χ4v) is 1.41. The Kier molecular flexibility index (Phi) is 5.15. The van der Waals surface area contributed by atoms with Crippen LogP contribution < -0.4 is 10.6 Å². The predicted octanol–water partition coefficient (Wildman–Crippen LogP) is 0.0438. The van der Waals surface area contributed by atoms with Crippen molar-refractivity contribution in [1.82, 2.24) is 9.97 Å². The largest absolute Gasteiger partial charge is 0.409 e. The van der Waals surface area contributed by atoms with E-state index >= 15 is 0 Å². The van der Waals surface area contributed by atoms with Gasteiger partial charge in [-0.1, -0.05) is 5.16 Å². The first kappa shape index (κ1) is 13.2. The van der Waals surface area contributed by atoms with Crippen LogP contribution in [0.4, 0.5) is 5.82 Å². The molecule has 94 valence electrons. The van der Waals surface area contributed by atoms with Gasteiger partial charge in [0.15, 0.2) is 17.3 Å². The van der Waals surface area contributed by atoms with Crippen molar-refractivity contribution >= 4 is 11.7 Å². The Morgan fingerprint density at radius 1 is 1.53 bits per heavy atom. The lowest BCUT2D eigenvalue weighted by Gasteiger charge is -2.22. The van der Waals surface area contributed by atoms with E-state index in [4.69, 9.17) is 15.7 Å². The van der Waals surface area contributed by atoms with Gasteiger partial charge in [0.2, 0.25) is 0 Å². The molecular formula is C10H17N5O2. The molecule has 1 aromatic rings. The standard InChI is InChI=1S/C10H17N5O2/c1-3-15(6-7-17-2)10-8(9(11)14-16)12-4-5-13-10/h4-5,16H,3,6-7H2,1-2H3,(H2,11,14). The molecule has 1 heterocycles. The fraction of sp³-hybridized carbons (Fsp3) is 0.500. The van der Waals surface area contributed by atoms with Gasteiger partial charge >= 0.3 is 0 Å². The van der Waals surface area contributed by atoms with Crippen LogP contribution in [0.3, 0.4) is 0 Å². The molecule has 0 unspecified atom stereocenters. The minimum Gasteiger partial charge on any atom is -0.409 e. The van der Waals surface area contributed by atoms with Crippen LogP contribution in [-0.4, -0.2) is 47.8 Å². The zero-order valence-electron chi connectivity index (χ0n) is 10.00. The second-order valence-corrected chi connectivity index (χ2v) is 3.29. The highest BCUT2D eigenvalue weighted by atomic mass is 16.5. The number of aromatic nitrogens is 2. The van der Waals surface area contributed by atoms with Gasteiger partial charge in [-0.2, -0.15) is 0 Å². The number of ether oxygens (including phenoxy) is 1. The summed E-state index contributed by atoms with van der Waals surface area (Å²) < 4.78 is 5.02. The first-order valence-electron chi connectivity index (χ1n) is 5.27. The summed E-state index contributed by atoms with van der Waals surface area (Å²) in [6.45, 7) is 3.95. The predicted molar refractivity (Wildman–Crippen MR) is 64.3 cm³/mol. The molecule has 0 bridgehead atoms. The number of oxime groups is 1. The van der Waals surface area contributed by atoms with E-state index < -0.39 is 0 Å². The number of hydrogen-bond donors (Lipinski definition) is 2. The SMILES string of the molecule is CCN(CCOC)c1nccnc1/C(N)=N/O. The molecule has 3 N–H and O–H groups in total. The maximum atomic E-state index is 8.70. The van der Waals surface area contributed by atoms with Gasteiger partial charge in [-0.25, -0.2) is 9.97 Å². The molecule has 0 aromatic carbocycles. The second kappa shape index (κ2) is 6.64. The van der Waals surface area contributed by atoms with E-state index in [0.29, 0.717) is 24.7 Å². The lowest BCUT2D eigenvalue weighted by atomic mass is 10.3. The molecule has 0 radical (unpaired) electrons. The number of likely N-dealkylation sites (N-methyl/N-ethyl adjacent to an activating group) is 1. The number of nitrogens with zero attached hydrogens (tertiary/aromatic N) is 4. The quantitative estimate of drug-likeness (QED) is 0.315. The number of amidine groups is 1. The summed E-state index contributed by atoms with van der Waals surface area (Å²) in [6.07, 6.45) is 3.07. The summed E-state index contributed by atoms with van der Waals surface area (Å²) in [5, 5.41) is 11.6. The fourth-order valence-electron chi connectivity index (χ4n) is 1.41. The molecule has 0 atom stereocenters. The molecule has 0 amide bonds. The van der Waals surface area contributed by atoms with Crippen LogP contribution >= 0.6 is 0 Å². The molecule has 7 heteroatoms. The van der Waals surface area contributed by atoms with Gasteiger partial charge in [0.25, 0.3) is 0 Å². The second-order valence-electron chi connectivity index (χ2n) is 3.29.